The summed E-state index contributed by atoms with van der Waals surface area (Å²) in [6.45, 7) is 0.583. The molecule has 2 amide bonds. The van der Waals surface area contributed by atoms with Gasteiger partial charge in [0.25, 0.3) is 5.89 Å². The lowest BCUT2D eigenvalue weighted by atomic mass is 10.2. The lowest BCUT2D eigenvalue weighted by Gasteiger charge is -2.08. The fourth-order valence-corrected chi connectivity index (χ4v) is 3.70. The van der Waals surface area contributed by atoms with E-state index in [-0.39, 0.29) is 6.03 Å². The van der Waals surface area contributed by atoms with E-state index < -0.39 is 0 Å². The van der Waals surface area contributed by atoms with Crippen LogP contribution in [0.2, 0.25) is 0 Å². The quantitative estimate of drug-likeness (QED) is 0.299. The molecule has 0 aliphatic carbocycles. The molecule has 2 N–H and O–H groups in total. The molecule has 0 radical (unpaired) electrons. The van der Waals surface area contributed by atoms with Gasteiger partial charge in [0.1, 0.15) is 5.69 Å². The third-order valence-corrected chi connectivity index (χ3v) is 5.53. The van der Waals surface area contributed by atoms with Crippen molar-refractivity contribution < 1.29 is 18.8 Å². The number of aromatic nitrogens is 4. The van der Waals surface area contributed by atoms with Crippen molar-refractivity contribution in [2.45, 2.75) is 6.54 Å². The summed E-state index contributed by atoms with van der Waals surface area (Å²) in [5.74, 6) is 1.93. The van der Waals surface area contributed by atoms with Crippen LogP contribution in [0.15, 0.2) is 89.8 Å². The van der Waals surface area contributed by atoms with E-state index in [1.54, 1.807) is 32.7 Å². The molecule has 5 aromatic rings. The molecule has 10 heteroatoms. The number of nitrogens with zero attached hydrogens (tertiary/aromatic N) is 4. The molecule has 0 saturated heterocycles. The van der Waals surface area contributed by atoms with Crippen LogP contribution >= 0.6 is 0 Å². The molecule has 0 saturated carbocycles. The molecule has 0 fully saturated rings. The van der Waals surface area contributed by atoms with E-state index in [0.29, 0.717) is 41.1 Å². The number of carbonyl (C=O) groups excluding carboxylic acids is 1. The van der Waals surface area contributed by atoms with Crippen molar-refractivity contribution in [1.29, 1.82) is 0 Å². The Labute approximate surface area is 212 Å². The number of ether oxygens (including phenoxy) is 2. The van der Waals surface area contributed by atoms with Gasteiger partial charge < -0.3 is 29.2 Å². The van der Waals surface area contributed by atoms with Gasteiger partial charge in [0.2, 0.25) is 5.82 Å². The molecule has 37 heavy (non-hydrogen) atoms. The average molecular weight is 497 g/mol. The molecule has 10 nitrogen and oxygen atoms in total. The number of rotatable bonds is 8. The van der Waals surface area contributed by atoms with Crippen molar-refractivity contribution >= 4 is 17.4 Å². The van der Waals surface area contributed by atoms with Crippen LogP contribution in [0.4, 0.5) is 16.2 Å². The molecule has 3 aromatic carbocycles. The van der Waals surface area contributed by atoms with Crippen molar-refractivity contribution in [2.75, 3.05) is 24.9 Å². The summed E-state index contributed by atoms with van der Waals surface area (Å²) in [4.78, 5) is 21.1. The van der Waals surface area contributed by atoms with Crippen LogP contribution in [0, 0.1) is 0 Å². The average Bonchev–Trinajstić information content (AvgIpc) is 3.60. The maximum atomic E-state index is 12.2. The lowest BCUT2D eigenvalue weighted by molar-refractivity contribution is 0.262. The maximum absolute atomic E-state index is 12.2. The van der Waals surface area contributed by atoms with Gasteiger partial charge in [0.15, 0.2) is 11.5 Å². The minimum Gasteiger partial charge on any atom is -0.493 e. The number of benzene rings is 3. The van der Waals surface area contributed by atoms with Gasteiger partial charge in [0, 0.05) is 29.7 Å². The van der Waals surface area contributed by atoms with Crippen molar-refractivity contribution in [3.63, 3.8) is 0 Å². The summed E-state index contributed by atoms with van der Waals surface area (Å²) in [7, 11) is 3.15. The predicted molar refractivity (Wildman–Crippen MR) is 139 cm³/mol. The summed E-state index contributed by atoms with van der Waals surface area (Å²) in [5, 5.41) is 9.69. The first-order valence-electron chi connectivity index (χ1n) is 11.4. The Bertz CT molecular complexity index is 1500. The van der Waals surface area contributed by atoms with Crippen LogP contribution in [-0.2, 0) is 6.54 Å². The van der Waals surface area contributed by atoms with Gasteiger partial charge in [-0.15, -0.1) is 0 Å². The van der Waals surface area contributed by atoms with Crippen molar-refractivity contribution in [3.05, 3.63) is 90.9 Å². The molecule has 5 rings (SSSR count). The second-order valence-corrected chi connectivity index (χ2v) is 8.07. The van der Waals surface area contributed by atoms with E-state index in [4.69, 9.17) is 14.0 Å². The molecule has 186 valence electrons. The Morgan fingerprint density at radius 1 is 0.919 bits per heavy atom. The van der Waals surface area contributed by atoms with Crippen LogP contribution in [0.25, 0.3) is 23.0 Å². The number of para-hydroxylation sites is 1. The highest BCUT2D eigenvalue weighted by molar-refractivity contribution is 5.99. The highest BCUT2D eigenvalue weighted by Crippen LogP contribution is 2.31. The van der Waals surface area contributed by atoms with E-state index in [1.165, 1.54) is 0 Å². The summed E-state index contributed by atoms with van der Waals surface area (Å²) in [6.07, 6.45) is 3.54. The zero-order chi connectivity index (χ0) is 25.6. The number of nitrogens with one attached hydrogen (secondary N) is 2. The third-order valence-electron chi connectivity index (χ3n) is 5.53. The summed E-state index contributed by atoms with van der Waals surface area (Å²) < 4.78 is 18.0. The van der Waals surface area contributed by atoms with E-state index >= 15 is 0 Å². The smallest absolute Gasteiger partial charge is 0.323 e. The number of imidazole rings is 1. The fourth-order valence-electron chi connectivity index (χ4n) is 3.70. The van der Waals surface area contributed by atoms with Crippen LogP contribution in [-0.4, -0.2) is 39.9 Å². The van der Waals surface area contributed by atoms with Crippen LogP contribution in [0.1, 0.15) is 5.56 Å². The largest absolute Gasteiger partial charge is 0.493 e. The minimum atomic E-state index is -0.301. The van der Waals surface area contributed by atoms with Gasteiger partial charge in [-0.3, -0.25) is 0 Å². The Kier molecular flexibility index (Phi) is 6.80. The van der Waals surface area contributed by atoms with Gasteiger partial charge in [-0.2, -0.15) is 4.98 Å². The number of urea groups is 1. The Morgan fingerprint density at radius 2 is 1.65 bits per heavy atom. The number of methoxy groups -OCH3 is 2. The van der Waals surface area contributed by atoms with E-state index in [1.807, 2.05) is 71.4 Å². The first-order valence-corrected chi connectivity index (χ1v) is 11.4. The van der Waals surface area contributed by atoms with Gasteiger partial charge in [-0.05, 0) is 48.0 Å². The van der Waals surface area contributed by atoms with Gasteiger partial charge in [-0.1, -0.05) is 35.5 Å². The minimum absolute atomic E-state index is 0.301. The lowest BCUT2D eigenvalue weighted by Crippen LogP contribution is -2.19. The fraction of sp³-hybridized carbons (Fsp3) is 0.111. The Balaban J connectivity index is 1.21. The summed E-state index contributed by atoms with van der Waals surface area (Å²) in [5.41, 5.74) is 3.75. The van der Waals surface area contributed by atoms with Crippen molar-refractivity contribution in [1.82, 2.24) is 19.7 Å². The normalized spacial score (nSPS) is 10.6. The van der Waals surface area contributed by atoms with Crippen LogP contribution in [0.3, 0.4) is 0 Å². The molecule has 0 aliphatic heterocycles. The zero-order valence-corrected chi connectivity index (χ0v) is 20.2. The zero-order valence-electron chi connectivity index (χ0n) is 20.2. The standard InChI is InChI=1S/C27H24N6O4/c1-35-23-13-10-19(14-24(23)36-2)25-31-26(37-32-25)22-16-33(17-28-22)15-18-8-11-21(12-9-18)30-27(34)29-20-6-4-3-5-7-20/h3-14,16-17H,15H2,1-2H3,(H2,29,30,34). The van der Waals surface area contributed by atoms with E-state index in [2.05, 4.69) is 25.8 Å². The van der Waals surface area contributed by atoms with Gasteiger partial charge in [-0.25, -0.2) is 9.78 Å². The van der Waals surface area contributed by atoms with Crippen molar-refractivity contribution in [3.8, 4) is 34.5 Å². The topological polar surface area (TPSA) is 116 Å². The number of amides is 2. The second-order valence-electron chi connectivity index (χ2n) is 8.07. The maximum Gasteiger partial charge on any atom is 0.323 e. The molecule has 0 aliphatic rings. The predicted octanol–water partition coefficient (Wildman–Crippen LogP) is 5.31. The number of hydrogen-bond acceptors (Lipinski definition) is 7. The van der Waals surface area contributed by atoms with Crippen LogP contribution < -0.4 is 20.1 Å². The summed E-state index contributed by atoms with van der Waals surface area (Å²) >= 11 is 0. The Hall–Kier alpha value is -5.12. The molecule has 0 unspecified atom stereocenters. The van der Waals surface area contributed by atoms with E-state index in [9.17, 15) is 4.79 Å². The van der Waals surface area contributed by atoms with E-state index in [0.717, 1.165) is 16.8 Å². The third kappa shape index (κ3) is 5.59. The molecular weight excluding hydrogens is 472 g/mol. The second kappa shape index (κ2) is 10.6. The summed E-state index contributed by atoms with van der Waals surface area (Å²) in [6, 6.07) is 22.0. The first kappa shape index (κ1) is 23.6. The highest BCUT2D eigenvalue weighted by atomic mass is 16.5. The molecule has 2 aromatic heterocycles. The SMILES string of the molecule is COc1ccc(-c2noc(-c3cn(Cc4ccc(NC(=O)Nc5ccccc5)cc4)cn3)n2)cc1OC. The monoisotopic (exact) mass is 496 g/mol. The molecular formula is C27H24N6O4. The van der Waals surface area contributed by atoms with Crippen LogP contribution in [0.5, 0.6) is 11.5 Å². The van der Waals surface area contributed by atoms with Gasteiger partial charge in [0.05, 0.1) is 20.5 Å². The highest BCUT2D eigenvalue weighted by Gasteiger charge is 2.15. The van der Waals surface area contributed by atoms with Gasteiger partial charge >= 0.3 is 6.03 Å². The number of hydrogen-bond donors (Lipinski definition) is 2. The number of carbonyl (C=O) groups is 1. The van der Waals surface area contributed by atoms with Crippen molar-refractivity contribution in [2.24, 2.45) is 0 Å². The molecule has 2 heterocycles. The molecule has 0 bridgehead atoms. The Morgan fingerprint density at radius 3 is 2.38 bits per heavy atom. The number of anilines is 2. The first-order chi connectivity index (χ1) is 18.1. The molecule has 0 atom stereocenters. The molecule has 0 spiro atoms.